The first kappa shape index (κ1) is 20.8. The first-order chi connectivity index (χ1) is 14.4. The summed E-state index contributed by atoms with van der Waals surface area (Å²) in [6, 6.07) is 14.9. The Labute approximate surface area is 172 Å². The molecule has 0 aromatic heterocycles. The summed E-state index contributed by atoms with van der Waals surface area (Å²) in [5, 5.41) is 15.9. The van der Waals surface area contributed by atoms with Crippen LogP contribution in [0.25, 0.3) is 10.8 Å². The van der Waals surface area contributed by atoms with Crippen molar-refractivity contribution in [3.63, 3.8) is 0 Å². The molecule has 8 heteroatoms. The zero-order chi connectivity index (χ0) is 21.7. The number of carbonyl (C=O) groups is 2. The zero-order valence-electron chi connectivity index (χ0n) is 16.5. The molecule has 0 saturated heterocycles. The van der Waals surface area contributed by atoms with Gasteiger partial charge in [-0.2, -0.15) is 0 Å². The van der Waals surface area contributed by atoms with Crippen LogP contribution in [0.1, 0.15) is 33.2 Å². The molecule has 1 amide bonds. The molecule has 0 aliphatic rings. The second-order valence-electron chi connectivity index (χ2n) is 6.40. The largest absolute Gasteiger partial charge is 0.496 e. The van der Waals surface area contributed by atoms with Crippen LogP contribution < -0.4 is 10.1 Å². The molecule has 3 aromatic rings. The van der Waals surface area contributed by atoms with E-state index >= 15 is 0 Å². The van der Waals surface area contributed by atoms with Gasteiger partial charge in [0.15, 0.2) is 0 Å². The molecule has 0 radical (unpaired) electrons. The molecule has 0 unspecified atom stereocenters. The average Bonchev–Trinajstić information content (AvgIpc) is 2.76. The molecule has 0 aliphatic carbocycles. The number of hydrogen-bond donors (Lipinski definition) is 1. The standard InChI is InChI=1S/C22H20N2O6/c1-3-30-22(26)16-10-15(11-17(12-16)24(27)28)21(25)23-13-19-18-7-5-4-6-14(18)8-9-20(19)29-2/h4-12H,3,13H2,1-2H3,(H,23,25). The molecular formula is C22H20N2O6. The van der Waals surface area contributed by atoms with Crippen molar-refractivity contribution in [3.8, 4) is 5.75 Å². The van der Waals surface area contributed by atoms with Crippen molar-refractivity contribution in [1.82, 2.24) is 5.32 Å². The zero-order valence-corrected chi connectivity index (χ0v) is 16.5. The minimum atomic E-state index is -0.731. The molecule has 0 aliphatic heterocycles. The Morgan fingerprint density at radius 3 is 2.50 bits per heavy atom. The van der Waals surface area contributed by atoms with E-state index in [4.69, 9.17) is 9.47 Å². The predicted molar refractivity (Wildman–Crippen MR) is 111 cm³/mol. The summed E-state index contributed by atoms with van der Waals surface area (Å²) in [4.78, 5) is 35.3. The molecule has 3 rings (SSSR count). The van der Waals surface area contributed by atoms with E-state index in [-0.39, 0.29) is 30.0 Å². The van der Waals surface area contributed by atoms with E-state index < -0.39 is 16.8 Å². The lowest BCUT2D eigenvalue weighted by molar-refractivity contribution is -0.384. The Hall–Kier alpha value is -3.94. The number of nitro benzene ring substituents is 1. The van der Waals surface area contributed by atoms with Crippen LogP contribution in [0.15, 0.2) is 54.6 Å². The topological polar surface area (TPSA) is 108 Å². The first-order valence-corrected chi connectivity index (χ1v) is 9.24. The third-order valence-corrected chi connectivity index (χ3v) is 4.55. The molecule has 0 atom stereocenters. The van der Waals surface area contributed by atoms with Crippen LogP contribution in [-0.2, 0) is 11.3 Å². The summed E-state index contributed by atoms with van der Waals surface area (Å²) in [5.41, 5.74) is 0.346. The Morgan fingerprint density at radius 2 is 1.80 bits per heavy atom. The van der Waals surface area contributed by atoms with Gasteiger partial charge in [-0.1, -0.05) is 30.3 Å². The highest BCUT2D eigenvalue weighted by atomic mass is 16.6. The Balaban J connectivity index is 1.91. The average molecular weight is 408 g/mol. The summed E-state index contributed by atoms with van der Waals surface area (Å²) in [5.74, 6) is -0.675. The van der Waals surface area contributed by atoms with Crippen LogP contribution in [0.5, 0.6) is 5.75 Å². The highest BCUT2D eigenvalue weighted by Gasteiger charge is 2.19. The number of carbonyl (C=O) groups excluding carboxylic acids is 2. The molecule has 0 fully saturated rings. The summed E-state index contributed by atoms with van der Waals surface area (Å²) in [7, 11) is 1.54. The Kier molecular flexibility index (Phi) is 6.26. The summed E-state index contributed by atoms with van der Waals surface area (Å²) in [6.45, 7) is 1.88. The molecule has 154 valence electrons. The van der Waals surface area contributed by atoms with Gasteiger partial charge < -0.3 is 14.8 Å². The van der Waals surface area contributed by atoms with Crippen molar-refractivity contribution < 1.29 is 24.0 Å². The number of rotatable bonds is 7. The number of ether oxygens (including phenoxy) is 2. The fourth-order valence-corrected chi connectivity index (χ4v) is 3.14. The third-order valence-electron chi connectivity index (χ3n) is 4.55. The molecule has 8 nitrogen and oxygen atoms in total. The van der Waals surface area contributed by atoms with E-state index in [9.17, 15) is 19.7 Å². The maximum absolute atomic E-state index is 12.7. The Bertz CT molecular complexity index is 1130. The summed E-state index contributed by atoms with van der Waals surface area (Å²) >= 11 is 0. The number of non-ortho nitro benzene ring substituents is 1. The SMILES string of the molecule is CCOC(=O)c1cc(C(=O)NCc2c(OC)ccc3ccccc23)cc([N+](=O)[O-])c1. The molecule has 0 bridgehead atoms. The lowest BCUT2D eigenvalue weighted by atomic mass is 10.0. The van der Waals surface area contributed by atoms with Crippen molar-refractivity contribution >= 4 is 28.3 Å². The number of fused-ring (bicyclic) bond motifs is 1. The van der Waals surface area contributed by atoms with Crippen molar-refractivity contribution in [2.75, 3.05) is 13.7 Å². The molecule has 3 aromatic carbocycles. The van der Waals surface area contributed by atoms with Crippen LogP contribution in [0.2, 0.25) is 0 Å². The van der Waals surface area contributed by atoms with E-state index in [2.05, 4.69) is 5.32 Å². The van der Waals surface area contributed by atoms with Gasteiger partial charge in [-0.15, -0.1) is 0 Å². The molecule has 0 spiro atoms. The van der Waals surface area contributed by atoms with Gasteiger partial charge in [-0.25, -0.2) is 4.79 Å². The maximum atomic E-state index is 12.7. The highest BCUT2D eigenvalue weighted by molar-refractivity contribution is 5.99. The first-order valence-electron chi connectivity index (χ1n) is 9.24. The lowest BCUT2D eigenvalue weighted by Crippen LogP contribution is -2.24. The van der Waals surface area contributed by atoms with Crippen LogP contribution in [0, 0.1) is 10.1 Å². The van der Waals surface area contributed by atoms with Crippen LogP contribution >= 0.6 is 0 Å². The van der Waals surface area contributed by atoms with Gasteiger partial charge in [-0.3, -0.25) is 14.9 Å². The minimum absolute atomic E-state index is 0.00791. The number of hydrogen-bond acceptors (Lipinski definition) is 6. The highest BCUT2D eigenvalue weighted by Crippen LogP contribution is 2.28. The maximum Gasteiger partial charge on any atom is 0.338 e. The van der Waals surface area contributed by atoms with Crippen molar-refractivity contribution in [3.05, 3.63) is 81.4 Å². The van der Waals surface area contributed by atoms with Crippen LogP contribution in [0.4, 0.5) is 5.69 Å². The smallest absolute Gasteiger partial charge is 0.338 e. The van der Waals surface area contributed by atoms with Gasteiger partial charge in [0.2, 0.25) is 0 Å². The number of esters is 1. The van der Waals surface area contributed by atoms with Gasteiger partial charge in [0.25, 0.3) is 11.6 Å². The molecule has 0 heterocycles. The van der Waals surface area contributed by atoms with Crippen LogP contribution in [-0.4, -0.2) is 30.5 Å². The van der Waals surface area contributed by atoms with E-state index in [1.807, 2.05) is 36.4 Å². The number of benzene rings is 3. The predicted octanol–water partition coefficient (Wildman–Crippen LogP) is 3.86. The number of amides is 1. The van der Waals surface area contributed by atoms with E-state index in [0.29, 0.717) is 5.75 Å². The van der Waals surface area contributed by atoms with Crippen molar-refractivity contribution in [2.45, 2.75) is 13.5 Å². The lowest BCUT2D eigenvalue weighted by Gasteiger charge is -2.13. The number of nitro groups is 1. The van der Waals surface area contributed by atoms with Crippen molar-refractivity contribution in [2.24, 2.45) is 0 Å². The van der Waals surface area contributed by atoms with Gasteiger partial charge >= 0.3 is 5.97 Å². The van der Waals surface area contributed by atoms with E-state index in [1.54, 1.807) is 14.0 Å². The normalized spacial score (nSPS) is 10.5. The molecule has 0 saturated carbocycles. The monoisotopic (exact) mass is 408 g/mol. The fraction of sp³-hybridized carbons (Fsp3) is 0.182. The third kappa shape index (κ3) is 4.38. The number of nitrogens with zero attached hydrogens (tertiary/aromatic N) is 1. The molecular weight excluding hydrogens is 388 g/mol. The number of methoxy groups -OCH3 is 1. The van der Waals surface area contributed by atoms with Crippen LogP contribution in [0.3, 0.4) is 0 Å². The summed E-state index contributed by atoms with van der Waals surface area (Å²) < 4.78 is 10.3. The van der Waals surface area contributed by atoms with E-state index in [0.717, 1.165) is 28.5 Å². The van der Waals surface area contributed by atoms with Gasteiger partial charge in [0.1, 0.15) is 5.75 Å². The molecule has 1 N–H and O–H groups in total. The minimum Gasteiger partial charge on any atom is -0.496 e. The second kappa shape index (κ2) is 9.04. The van der Waals surface area contributed by atoms with Gasteiger partial charge in [0, 0.05) is 29.8 Å². The fourth-order valence-electron chi connectivity index (χ4n) is 3.14. The summed E-state index contributed by atoms with van der Waals surface area (Å²) in [6.07, 6.45) is 0. The quantitative estimate of drug-likeness (QED) is 0.361. The van der Waals surface area contributed by atoms with E-state index in [1.165, 1.54) is 6.07 Å². The molecule has 30 heavy (non-hydrogen) atoms. The number of nitrogens with one attached hydrogen (secondary N) is 1. The Morgan fingerprint density at radius 1 is 1.07 bits per heavy atom. The van der Waals surface area contributed by atoms with Crippen molar-refractivity contribution in [1.29, 1.82) is 0 Å². The second-order valence-corrected chi connectivity index (χ2v) is 6.40. The van der Waals surface area contributed by atoms with Gasteiger partial charge in [0.05, 0.1) is 24.2 Å². The van der Waals surface area contributed by atoms with Gasteiger partial charge in [-0.05, 0) is 29.8 Å².